The van der Waals surface area contributed by atoms with E-state index in [0.717, 1.165) is 16.7 Å². The van der Waals surface area contributed by atoms with Gasteiger partial charge in [0.2, 0.25) is 0 Å². The minimum absolute atomic E-state index is 0. The standard InChI is InChI=1S/C13H16N4.ClH/c14-7-11-12(16)5-9(6-13(11)17)8-2-1-3-10(15)4-8;/h1-6H,7,14-17H2;1H. The number of nitrogens with two attached hydrogens (primary N) is 4. The summed E-state index contributed by atoms with van der Waals surface area (Å²) in [4.78, 5) is 0. The first kappa shape index (κ1) is 14.2. The van der Waals surface area contributed by atoms with Crippen LogP contribution in [0.25, 0.3) is 11.1 Å². The molecule has 0 heterocycles. The molecule has 0 bridgehead atoms. The molecule has 0 fully saturated rings. The molecular formula is C13H17ClN4. The van der Waals surface area contributed by atoms with Gasteiger partial charge in [0, 0.05) is 29.2 Å². The molecule has 0 radical (unpaired) electrons. The van der Waals surface area contributed by atoms with Gasteiger partial charge in [0.15, 0.2) is 0 Å². The average Bonchev–Trinajstić information content (AvgIpc) is 2.28. The highest BCUT2D eigenvalue weighted by atomic mass is 35.5. The third kappa shape index (κ3) is 2.67. The van der Waals surface area contributed by atoms with Crippen molar-refractivity contribution in [2.75, 3.05) is 17.2 Å². The molecule has 0 amide bonds. The molecule has 0 aliphatic heterocycles. The number of rotatable bonds is 2. The number of hydrogen-bond donors (Lipinski definition) is 4. The van der Waals surface area contributed by atoms with Crippen LogP contribution in [0.15, 0.2) is 36.4 Å². The second-order valence-corrected chi connectivity index (χ2v) is 3.96. The molecule has 8 N–H and O–H groups in total. The summed E-state index contributed by atoms with van der Waals surface area (Å²) in [5.74, 6) is 0. The van der Waals surface area contributed by atoms with Gasteiger partial charge >= 0.3 is 0 Å². The number of halogens is 1. The van der Waals surface area contributed by atoms with Gasteiger partial charge in [0.25, 0.3) is 0 Å². The Balaban J connectivity index is 0.00000162. The minimum atomic E-state index is 0. The lowest BCUT2D eigenvalue weighted by atomic mass is 10.0. The van der Waals surface area contributed by atoms with E-state index in [1.165, 1.54) is 0 Å². The monoisotopic (exact) mass is 264 g/mol. The summed E-state index contributed by atoms with van der Waals surface area (Å²) >= 11 is 0. The van der Waals surface area contributed by atoms with E-state index in [4.69, 9.17) is 22.9 Å². The lowest BCUT2D eigenvalue weighted by Crippen LogP contribution is -2.06. The van der Waals surface area contributed by atoms with Crippen molar-refractivity contribution in [2.45, 2.75) is 6.54 Å². The van der Waals surface area contributed by atoms with E-state index in [-0.39, 0.29) is 12.4 Å². The molecule has 5 heteroatoms. The van der Waals surface area contributed by atoms with Gasteiger partial charge in [0.1, 0.15) is 0 Å². The predicted molar refractivity (Wildman–Crippen MR) is 80.3 cm³/mol. The Bertz CT molecular complexity index is 531. The number of benzene rings is 2. The molecule has 4 nitrogen and oxygen atoms in total. The number of hydrogen-bond acceptors (Lipinski definition) is 4. The maximum absolute atomic E-state index is 5.92. The van der Waals surface area contributed by atoms with Crippen molar-refractivity contribution in [3.8, 4) is 11.1 Å². The first-order valence-corrected chi connectivity index (χ1v) is 5.35. The van der Waals surface area contributed by atoms with E-state index in [1.54, 1.807) is 0 Å². The number of anilines is 3. The molecule has 0 unspecified atom stereocenters. The molecule has 0 atom stereocenters. The fraction of sp³-hybridized carbons (Fsp3) is 0.0769. The zero-order valence-electron chi connectivity index (χ0n) is 9.89. The Labute approximate surface area is 112 Å². The highest BCUT2D eigenvalue weighted by molar-refractivity contribution is 5.85. The van der Waals surface area contributed by atoms with Gasteiger partial charge < -0.3 is 22.9 Å². The van der Waals surface area contributed by atoms with Crippen LogP contribution in [-0.2, 0) is 6.54 Å². The Hall–Kier alpha value is -1.91. The maximum atomic E-state index is 5.92. The summed E-state index contributed by atoms with van der Waals surface area (Å²) in [6.45, 7) is 0.342. The SMILES string of the molecule is Cl.NCc1c(N)cc(-c2cccc(N)c2)cc1N. The third-order valence-electron chi connectivity index (χ3n) is 2.74. The molecule has 0 saturated heterocycles. The van der Waals surface area contributed by atoms with Crippen LogP contribution in [-0.4, -0.2) is 0 Å². The van der Waals surface area contributed by atoms with Crippen LogP contribution in [0.4, 0.5) is 17.1 Å². The molecule has 18 heavy (non-hydrogen) atoms. The van der Waals surface area contributed by atoms with Crippen LogP contribution in [0.5, 0.6) is 0 Å². The van der Waals surface area contributed by atoms with Crippen LogP contribution < -0.4 is 22.9 Å². The normalized spacial score (nSPS) is 9.83. The highest BCUT2D eigenvalue weighted by Crippen LogP contribution is 2.29. The van der Waals surface area contributed by atoms with Gasteiger partial charge in [-0.15, -0.1) is 12.4 Å². The summed E-state index contributed by atoms with van der Waals surface area (Å²) in [6, 6.07) is 11.3. The molecule has 2 rings (SSSR count). The third-order valence-corrected chi connectivity index (χ3v) is 2.74. The zero-order chi connectivity index (χ0) is 12.4. The zero-order valence-corrected chi connectivity index (χ0v) is 10.7. The van der Waals surface area contributed by atoms with Crippen LogP contribution in [0.1, 0.15) is 5.56 Å². The van der Waals surface area contributed by atoms with Crippen molar-refractivity contribution in [3.05, 3.63) is 42.0 Å². The van der Waals surface area contributed by atoms with Crippen molar-refractivity contribution in [3.63, 3.8) is 0 Å². The van der Waals surface area contributed by atoms with Crippen molar-refractivity contribution >= 4 is 29.5 Å². The topological polar surface area (TPSA) is 104 Å². The summed E-state index contributed by atoms with van der Waals surface area (Å²) in [7, 11) is 0. The van der Waals surface area contributed by atoms with E-state index in [1.807, 2.05) is 36.4 Å². The van der Waals surface area contributed by atoms with Gasteiger partial charge in [-0.1, -0.05) is 12.1 Å². The molecule has 0 spiro atoms. The first-order valence-electron chi connectivity index (χ1n) is 5.35. The minimum Gasteiger partial charge on any atom is -0.399 e. The predicted octanol–water partition coefficient (Wildman–Crippen LogP) is 1.98. The van der Waals surface area contributed by atoms with Crippen molar-refractivity contribution in [1.82, 2.24) is 0 Å². The summed E-state index contributed by atoms with van der Waals surface area (Å²) in [5.41, 5.74) is 27.8. The van der Waals surface area contributed by atoms with Crippen molar-refractivity contribution in [1.29, 1.82) is 0 Å². The molecule has 2 aromatic carbocycles. The van der Waals surface area contributed by atoms with E-state index < -0.39 is 0 Å². The highest BCUT2D eigenvalue weighted by Gasteiger charge is 2.06. The van der Waals surface area contributed by atoms with Crippen LogP contribution in [0, 0.1) is 0 Å². The van der Waals surface area contributed by atoms with E-state index in [0.29, 0.717) is 23.6 Å². The molecule has 2 aromatic rings. The van der Waals surface area contributed by atoms with Crippen LogP contribution in [0.2, 0.25) is 0 Å². The Morgan fingerprint density at radius 1 is 0.833 bits per heavy atom. The lowest BCUT2D eigenvalue weighted by molar-refractivity contribution is 1.08. The van der Waals surface area contributed by atoms with E-state index in [2.05, 4.69) is 0 Å². The summed E-state index contributed by atoms with van der Waals surface area (Å²) in [5, 5.41) is 0. The average molecular weight is 265 g/mol. The Kier molecular flexibility index (Phi) is 4.42. The second-order valence-electron chi connectivity index (χ2n) is 3.96. The molecular weight excluding hydrogens is 248 g/mol. The van der Waals surface area contributed by atoms with Gasteiger partial charge in [-0.3, -0.25) is 0 Å². The largest absolute Gasteiger partial charge is 0.399 e. The smallest absolute Gasteiger partial charge is 0.0386 e. The molecule has 96 valence electrons. The fourth-order valence-corrected chi connectivity index (χ4v) is 1.84. The molecule has 0 aliphatic carbocycles. The summed E-state index contributed by atoms with van der Waals surface area (Å²) in [6.07, 6.45) is 0. The summed E-state index contributed by atoms with van der Waals surface area (Å²) < 4.78 is 0. The van der Waals surface area contributed by atoms with Gasteiger partial charge in [-0.05, 0) is 35.4 Å². The maximum Gasteiger partial charge on any atom is 0.0386 e. The molecule has 0 aromatic heterocycles. The fourth-order valence-electron chi connectivity index (χ4n) is 1.84. The van der Waals surface area contributed by atoms with Gasteiger partial charge in [-0.25, -0.2) is 0 Å². The Morgan fingerprint density at radius 2 is 1.44 bits per heavy atom. The molecule has 0 saturated carbocycles. The Morgan fingerprint density at radius 3 is 1.94 bits per heavy atom. The van der Waals surface area contributed by atoms with E-state index >= 15 is 0 Å². The second kappa shape index (κ2) is 5.62. The van der Waals surface area contributed by atoms with Crippen LogP contribution in [0.3, 0.4) is 0 Å². The van der Waals surface area contributed by atoms with Gasteiger partial charge in [0.05, 0.1) is 0 Å². The van der Waals surface area contributed by atoms with Gasteiger partial charge in [-0.2, -0.15) is 0 Å². The van der Waals surface area contributed by atoms with Crippen molar-refractivity contribution < 1.29 is 0 Å². The van der Waals surface area contributed by atoms with Crippen molar-refractivity contribution in [2.24, 2.45) is 5.73 Å². The molecule has 0 aliphatic rings. The van der Waals surface area contributed by atoms with Crippen LogP contribution >= 0.6 is 12.4 Å². The quantitative estimate of drug-likeness (QED) is 0.623. The first-order chi connectivity index (χ1) is 8.11. The van der Waals surface area contributed by atoms with E-state index in [9.17, 15) is 0 Å². The lowest BCUT2D eigenvalue weighted by Gasteiger charge is -2.11. The number of nitrogen functional groups attached to an aromatic ring is 3.